The second-order valence-corrected chi connectivity index (χ2v) is 4.41. The van der Waals surface area contributed by atoms with Crippen molar-refractivity contribution < 1.29 is 23.8 Å². The Morgan fingerprint density at radius 1 is 1.29 bits per heavy atom. The summed E-state index contributed by atoms with van der Waals surface area (Å²) in [4.78, 5) is 22.9. The average molecular weight is 247 g/mol. The molecule has 0 aromatic heterocycles. The van der Waals surface area contributed by atoms with Crippen LogP contribution in [0.2, 0.25) is 0 Å². The van der Waals surface area contributed by atoms with Crippen LogP contribution in [0.4, 0.5) is 4.79 Å². The van der Waals surface area contributed by atoms with E-state index >= 15 is 0 Å². The number of carbonyl (C=O) groups excluding carboxylic acids is 2. The third kappa shape index (κ3) is 7.57. The fourth-order valence-electron chi connectivity index (χ4n) is 1.03. The minimum Gasteiger partial charge on any atom is -0.464 e. The number of rotatable bonds is 5. The van der Waals surface area contributed by atoms with Crippen LogP contribution in [0.15, 0.2) is 0 Å². The zero-order chi connectivity index (χ0) is 13.5. The molecule has 0 saturated heterocycles. The van der Waals surface area contributed by atoms with Crippen LogP contribution in [0.3, 0.4) is 0 Å². The van der Waals surface area contributed by atoms with Gasteiger partial charge in [0.1, 0.15) is 5.60 Å². The van der Waals surface area contributed by atoms with E-state index in [1.54, 1.807) is 27.7 Å². The first-order chi connectivity index (χ1) is 7.80. The standard InChI is InChI=1S/C11H21NO5/c1-6-16-9(13)8(7-15-5)12-10(14)17-11(2,3)4/h8H,6-7H2,1-5H3,(H,12,14)/t8-/m0/s1. The molecule has 0 saturated carbocycles. The molecule has 0 bridgehead atoms. The molecule has 0 aliphatic carbocycles. The van der Waals surface area contributed by atoms with Crippen LogP contribution >= 0.6 is 0 Å². The van der Waals surface area contributed by atoms with Gasteiger partial charge in [-0.15, -0.1) is 0 Å². The lowest BCUT2D eigenvalue weighted by Crippen LogP contribution is -2.46. The van der Waals surface area contributed by atoms with E-state index in [-0.39, 0.29) is 13.2 Å². The van der Waals surface area contributed by atoms with Gasteiger partial charge in [-0.2, -0.15) is 0 Å². The fourth-order valence-corrected chi connectivity index (χ4v) is 1.03. The largest absolute Gasteiger partial charge is 0.464 e. The van der Waals surface area contributed by atoms with Crippen molar-refractivity contribution in [3.8, 4) is 0 Å². The van der Waals surface area contributed by atoms with E-state index in [0.717, 1.165) is 0 Å². The summed E-state index contributed by atoms with van der Waals surface area (Å²) in [5.74, 6) is -0.541. The Balaban J connectivity index is 4.34. The molecule has 1 amide bonds. The molecule has 0 aliphatic rings. The molecular formula is C11H21NO5. The normalized spacial score (nSPS) is 12.8. The zero-order valence-corrected chi connectivity index (χ0v) is 11.0. The van der Waals surface area contributed by atoms with Crippen LogP contribution in [-0.4, -0.2) is 44.0 Å². The van der Waals surface area contributed by atoms with E-state index in [1.807, 2.05) is 0 Å². The third-order valence-corrected chi connectivity index (χ3v) is 1.60. The molecule has 0 aromatic carbocycles. The van der Waals surface area contributed by atoms with Crippen molar-refractivity contribution in [1.29, 1.82) is 0 Å². The molecule has 0 spiro atoms. The number of amides is 1. The highest BCUT2D eigenvalue weighted by Crippen LogP contribution is 2.07. The first-order valence-corrected chi connectivity index (χ1v) is 5.45. The van der Waals surface area contributed by atoms with Crippen molar-refractivity contribution in [2.24, 2.45) is 0 Å². The highest BCUT2D eigenvalue weighted by atomic mass is 16.6. The number of carbonyl (C=O) groups is 2. The molecule has 100 valence electrons. The van der Waals surface area contributed by atoms with Crippen molar-refractivity contribution >= 4 is 12.1 Å². The lowest BCUT2D eigenvalue weighted by atomic mass is 10.2. The SMILES string of the molecule is CCOC(=O)[C@H](COC)NC(=O)OC(C)(C)C. The summed E-state index contributed by atoms with van der Waals surface area (Å²) >= 11 is 0. The van der Waals surface area contributed by atoms with Gasteiger partial charge in [-0.25, -0.2) is 9.59 Å². The predicted octanol–water partition coefficient (Wildman–Crippen LogP) is 1.09. The van der Waals surface area contributed by atoms with E-state index in [2.05, 4.69) is 5.32 Å². The Morgan fingerprint density at radius 3 is 2.29 bits per heavy atom. The predicted molar refractivity (Wildman–Crippen MR) is 61.7 cm³/mol. The van der Waals surface area contributed by atoms with E-state index < -0.39 is 23.7 Å². The highest BCUT2D eigenvalue weighted by Gasteiger charge is 2.25. The Hall–Kier alpha value is -1.30. The summed E-state index contributed by atoms with van der Waals surface area (Å²) in [5, 5.41) is 2.40. The molecule has 1 N–H and O–H groups in total. The maximum atomic E-state index is 11.5. The van der Waals surface area contributed by atoms with Gasteiger partial charge in [-0.1, -0.05) is 0 Å². The molecule has 17 heavy (non-hydrogen) atoms. The smallest absolute Gasteiger partial charge is 0.408 e. The van der Waals surface area contributed by atoms with Gasteiger partial charge < -0.3 is 19.5 Å². The summed E-state index contributed by atoms with van der Waals surface area (Å²) < 4.78 is 14.7. The van der Waals surface area contributed by atoms with Gasteiger partial charge in [0.2, 0.25) is 0 Å². The van der Waals surface area contributed by atoms with Crippen LogP contribution in [0.5, 0.6) is 0 Å². The van der Waals surface area contributed by atoms with Gasteiger partial charge in [0.05, 0.1) is 13.2 Å². The molecule has 0 heterocycles. The van der Waals surface area contributed by atoms with E-state index in [0.29, 0.717) is 0 Å². The van der Waals surface area contributed by atoms with Gasteiger partial charge >= 0.3 is 12.1 Å². The molecule has 6 nitrogen and oxygen atoms in total. The number of methoxy groups -OCH3 is 1. The molecule has 0 aliphatic heterocycles. The van der Waals surface area contributed by atoms with Crippen LogP contribution < -0.4 is 5.32 Å². The Kier molecular flexibility index (Phi) is 6.57. The molecule has 0 rings (SSSR count). The van der Waals surface area contributed by atoms with Gasteiger partial charge in [-0.3, -0.25) is 0 Å². The molecule has 1 atom stereocenters. The van der Waals surface area contributed by atoms with Crippen LogP contribution in [-0.2, 0) is 19.0 Å². The Bertz CT molecular complexity index is 259. The maximum Gasteiger partial charge on any atom is 0.408 e. The summed E-state index contributed by atoms with van der Waals surface area (Å²) in [6, 6.07) is -0.852. The van der Waals surface area contributed by atoms with Crippen LogP contribution in [0.1, 0.15) is 27.7 Å². The monoisotopic (exact) mass is 247 g/mol. The summed E-state index contributed by atoms with van der Waals surface area (Å²) in [5.41, 5.74) is -0.615. The molecule has 0 unspecified atom stereocenters. The van der Waals surface area contributed by atoms with Gasteiger partial charge in [0.25, 0.3) is 0 Å². The van der Waals surface area contributed by atoms with Gasteiger partial charge in [0, 0.05) is 7.11 Å². The van der Waals surface area contributed by atoms with Crippen molar-refractivity contribution in [3.63, 3.8) is 0 Å². The maximum absolute atomic E-state index is 11.5. The van der Waals surface area contributed by atoms with E-state index in [4.69, 9.17) is 14.2 Å². The van der Waals surface area contributed by atoms with Crippen molar-refractivity contribution in [2.75, 3.05) is 20.3 Å². The lowest BCUT2D eigenvalue weighted by Gasteiger charge is -2.22. The number of ether oxygens (including phenoxy) is 3. The number of hydrogen-bond donors (Lipinski definition) is 1. The van der Waals surface area contributed by atoms with E-state index in [1.165, 1.54) is 7.11 Å². The minimum absolute atomic E-state index is 0.0398. The second-order valence-electron chi connectivity index (χ2n) is 4.41. The topological polar surface area (TPSA) is 73.9 Å². The van der Waals surface area contributed by atoms with Crippen molar-refractivity contribution in [2.45, 2.75) is 39.3 Å². The minimum atomic E-state index is -0.852. The molecule has 0 fully saturated rings. The van der Waals surface area contributed by atoms with Crippen molar-refractivity contribution in [1.82, 2.24) is 5.32 Å². The first kappa shape index (κ1) is 15.7. The van der Waals surface area contributed by atoms with Crippen LogP contribution in [0, 0.1) is 0 Å². The lowest BCUT2D eigenvalue weighted by molar-refractivity contribution is -0.147. The average Bonchev–Trinajstić information content (AvgIpc) is 2.14. The number of nitrogens with one attached hydrogen (secondary N) is 1. The van der Waals surface area contributed by atoms with Gasteiger partial charge in [0.15, 0.2) is 6.04 Å². The third-order valence-electron chi connectivity index (χ3n) is 1.60. The zero-order valence-electron chi connectivity index (χ0n) is 11.0. The van der Waals surface area contributed by atoms with Gasteiger partial charge in [-0.05, 0) is 27.7 Å². The summed E-state index contributed by atoms with van der Waals surface area (Å²) in [6.07, 6.45) is -0.674. The molecule has 0 radical (unpaired) electrons. The number of hydrogen-bond acceptors (Lipinski definition) is 5. The fraction of sp³-hybridized carbons (Fsp3) is 0.818. The summed E-state index contributed by atoms with van der Waals surface area (Å²) in [7, 11) is 1.43. The van der Waals surface area contributed by atoms with Crippen LogP contribution in [0.25, 0.3) is 0 Å². The van der Waals surface area contributed by atoms with Crippen molar-refractivity contribution in [3.05, 3.63) is 0 Å². The molecular weight excluding hydrogens is 226 g/mol. The van der Waals surface area contributed by atoms with E-state index in [9.17, 15) is 9.59 Å². The molecule has 0 aromatic rings. The first-order valence-electron chi connectivity index (χ1n) is 5.45. The highest BCUT2D eigenvalue weighted by molar-refractivity contribution is 5.81. The number of alkyl carbamates (subject to hydrolysis) is 1. The Labute approximate surface area is 102 Å². The quantitative estimate of drug-likeness (QED) is 0.736. The summed E-state index contributed by atoms with van der Waals surface area (Å²) in [6.45, 7) is 7.19. The molecule has 6 heteroatoms. The number of esters is 1. The Morgan fingerprint density at radius 2 is 1.88 bits per heavy atom. The second kappa shape index (κ2) is 7.11.